The molecule has 0 saturated carbocycles. The fourth-order valence-electron chi connectivity index (χ4n) is 1.44. The van der Waals surface area contributed by atoms with Gasteiger partial charge in [-0.2, -0.15) is 0 Å². The highest BCUT2D eigenvalue weighted by Gasteiger charge is 2.14. The van der Waals surface area contributed by atoms with Gasteiger partial charge in [-0.15, -0.1) is 0 Å². The Labute approximate surface area is 92.4 Å². The number of ether oxygens (including phenoxy) is 1. The van der Waals surface area contributed by atoms with Crippen LogP contribution in [0.3, 0.4) is 0 Å². The van der Waals surface area contributed by atoms with Crippen molar-refractivity contribution in [3.63, 3.8) is 0 Å². The normalized spacial score (nSPS) is 10.6. The van der Waals surface area contributed by atoms with E-state index in [1.165, 1.54) is 6.26 Å². The number of esters is 1. The van der Waals surface area contributed by atoms with Crippen molar-refractivity contribution >= 4 is 16.9 Å². The van der Waals surface area contributed by atoms with Crippen molar-refractivity contribution in [2.75, 3.05) is 13.2 Å². The van der Waals surface area contributed by atoms with Gasteiger partial charge in [0.15, 0.2) is 0 Å². The van der Waals surface area contributed by atoms with Crippen LogP contribution in [-0.2, 0) is 4.74 Å². The van der Waals surface area contributed by atoms with E-state index >= 15 is 0 Å². The van der Waals surface area contributed by atoms with Crippen LogP contribution in [0.1, 0.15) is 16.8 Å². The standard InChI is InChI=1S/C12H12O4/c13-6-3-7-15-12(14)10-8-16-11-5-2-1-4-9(10)11/h1-2,4-5,8,13H,3,6-7H2. The summed E-state index contributed by atoms with van der Waals surface area (Å²) in [5.74, 6) is -0.418. The zero-order valence-corrected chi connectivity index (χ0v) is 8.68. The minimum absolute atomic E-state index is 0.0133. The third kappa shape index (κ3) is 2.06. The molecule has 2 aromatic rings. The number of hydrogen-bond donors (Lipinski definition) is 1. The van der Waals surface area contributed by atoms with Gasteiger partial charge in [0, 0.05) is 18.4 Å². The molecule has 0 aliphatic carbocycles. The van der Waals surface area contributed by atoms with Crippen LogP contribution in [0.2, 0.25) is 0 Å². The zero-order chi connectivity index (χ0) is 11.4. The number of aliphatic hydroxyl groups is 1. The minimum Gasteiger partial charge on any atom is -0.463 e. The average Bonchev–Trinajstić information content (AvgIpc) is 2.73. The Morgan fingerprint density at radius 1 is 1.38 bits per heavy atom. The molecule has 2 rings (SSSR count). The Morgan fingerprint density at radius 3 is 3.00 bits per heavy atom. The zero-order valence-electron chi connectivity index (χ0n) is 8.68. The summed E-state index contributed by atoms with van der Waals surface area (Å²) >= 11 is 0. The first kappa shape index (κ1) is 10.7. The second-order valence-corrected chi connectivity index (χ2v) is 3.36. The SMILES string of the molecule is O=C(OCCCO)c1coc2ccccc12. The Morgan fingerprint density at radius 2 is 2.19 bits per heavy atom. The van der Waals surface area contributed by atoms with E-state index in [0.29, 0.717) is 17.6 Å². The molecule has 0 radical (unpaired) electrons. The van der Waals surface area contributed by atoms with Gasteiger partial charge in [-0.25, -0.2) is 4.79 Å². The first-order valence-electron chi connectivity index (χ1n) is 5.07. The molecule has 84 valence electrons. The van der Waals surface area contributed by atoms with Gasteiger partial charge < -0.3 is 14.3 Å². The second kappa shape index (κ2) is 4.81. The molecule has 1 aromatic carbocycles. The van der Waals surface area contributed by atoms with Crippen molar-refractivity contribution in [2.24, 2.45) is 0 Å². The number of rotatable bonds is 4. The fraction of sp³-hybridized carbons (Fsp3) is 0.250. The van der Waals surface area contributed by atoms with Crippen LogP contribution < -0.4 is 0 Å². The summed E-state index contributed by atoms with van der Waals surface area (Å²) in [5.41, 5.74) is 1.09. The molecule has 16 heavy (non-hydrogen) atoms. The Bertz CT molecular complexity index is 486. The van der Waals surface area contributed by atoms with Gasteiger partial charge in [0.25, 0.3) is 0 Å². The van der Waals surface area contributed by atoms with E-state index < -0.39 is 5.97 Å². The van der Waals surface area contributed by atoms with Crippen LogP contribution in [-0.4, -0.2) is 24.3 Å². The molecule has 4 heteroatoms. The monoisotopic (exact) mass is 220 g/mol. The van der Waals surface area contributed by atoms with Crippen LogP contribution in [0, 0.1) is 0 Å². The van der Waals surface area contributed by atoms with Crippen LogP contribution in [0.15, 0.2) is 34.9 Å². The molecule has 4 nitrogen and oxygen atoms in total. The molecular formula is C12H12O4. The molecule has 0 atom stereocenters. The number of furan rings is 1. The summed E-state index contributed by atoms with van der Waals surface area (Å²) in [6.07, 6.45) is 1.84. The quantitative estimate of drug-likeness (QED) is 0.632. The van der Waals surface area contributed by atoms with E-state index in [1.807, 2.05) is 18.2 Å². The van der Waals surface area contributed by atoms with E-state index in [-0.39, 0.29) is 13.2 Å². The summed E-state index contributed by atoms with van der Waals surface area (Å²) in [7, 11) is 0. The third-order valence-electron chi connectivity index (χ3n) is 2.24. The van der Waals surface area contributed by atoms with Crippen molar-refractivity contribution in [2.45, 2.75) is 6.42 Å². The smallest absolute Gasteiger partial charge is 0.342 e. The van der Waals surface area contributed by atoms with Crippen LogP contribution in [0.25, 0.3) is 11.0 Å². The van der Waals surface area contributed by atoms with Gasteiger partial charge in [0.05, 0.1) is 6.61 Å². The number of aliphatic hydroxyl groups excluding tert-OH is 1. The maximum atomic E-state index is 11.6. The first-order valence-corrected chi connectivity index (χ1v) is 5.07. The lowest BCUT2D eigenvalue weighted by molar-refractivity contribution is 0.0483. The van der Waals surface area contributed by atoms with Crippen molar-refractivity contribution in [1.29, 1.82) is 0 Å². The predicted octanol–water partition coefficient (Wildman–Crippen LogP) is 1.97. The molecule has 1 N–H and O–H groups in total. The maximum Gasteiger partial charge on any atom is 0.342 e. The molecule has 1 aromatic heterocycles. The van der Waals surface area contributed by atoms with Gasteiger partial charge in [0.2, 0.25) is 0 Å². The molecular weight excluding hydrogens is 208 g/mol. The lowest BCUT2D eigenvalue weighted by Gasteiger charge is -2.01. The topological polar surface area (TPSA) is 59.7 Å². The van der Waals surface area contributed by atoms with Gasteiger partial charge in [0.1, 0.15) is 17.4 Å². The highest BCUT2D eigenvalue weighted by molar-refractivity contribution is 6.03. The minimum atomic E-state index is -0.418. The number of para-hydroxylation sites is 1. The summed E-state index contributed by atoms with van der Waals surface area (Å²) in [4.78, 5) is 11.6. The number of carbonyl (C=O) groups is 1. The average molecular weight is 220 g/mol. The third-order valence-corrected chi connectivity index (χ3v) is 2.24. The maximum absolute atomic E-state index is 11.6. The summed E-state index contributed by atoms with van der Waals surface area (Å²) in [6.45, 7) is 0.230. The molecule has 0 aliphatic rings. The number of benzene rings is 1. The molecule has 0 unspecified atom stereocenters. The Hall–Kier alpha value is -1.81. The molecule has 0 fully saturated rings. The number of hydrogen-bond acceptors (Lipinski definition) is 4. The lowest BCUT2D eigenvalue weighted by atomic mass is 10.2. The molecule has 0 aliphatic heterocycles. The second-order valence-electron chi connectivity index (χ2n) is 3.36. The van der Waals surface area contributed by atoms with Crippen molar-refractivity contribution in [3.8, 4) is 0 Å². The number of fused-ring (bicyclic) bond motifs is 1. The van der Waals surface area contributed by atoms with Crippen LogP contribution >= 0.6 is 0 Å². The van der Waals surface area contributed by atoms with Gasteiger partial charge >= 0.3 is 5.97 Å². The molecule has 0 saturated heterocycles. The predicted molar refractivity (Wildman–Crippen MR) is 58.2 cm³/mol. The van der Waals surface area contributed by atoms with Crippen LogP contribution in [0.5, 0.6) is 0 Å². The van der Waals surface area contributed by atoms with Gasteiger partial charge in [-0.05, 0) is 6.07 Å². The van der Waals surface area contributed by atoms with Gasteiger partial charge in [-0.1, -0.05) is 18.2 Å². The molecule has 1 heterocycles. The molecule has 0 amide bonds. The van der Waals surface area contributed by atoms with Crippen LogP contribution in [0.4, 0.5) is 0 Å². The Balaban J connectivity index is 2.17. The molecule has 0 spiro atoms. The van der Waals surface area contributed by atoms with E-state index in [2.05, 4.69) is 0 Å². The summed E-state index contributed by atoms with van der Waals surface area (Å²) in [5, 5.41) is 9.32. The highest BCUT2D eigenvalue weighted by Crippen LogP contribution is 2.21. The van der Waals surface area contributed by atoms with E-state index in [9.17, 15) is 4.79 Å². The molecule has 0 bridgehead atoms. The van der Waals surface area contributed by atoms with E-state index in [1.54, 1.807) is 6.07 Å². The van der Waals surface area contributed by atoms with Crippen molar-refractivity contribution in [1.82, 2.24) is 0 Å². The summed E-state index contributed by atoms with van der Waals surface area (Å²) in [6, 6.07) is 7.27. The Kier molecular flexibility index (Phi) is 3.22. The largest absolute Gasteiger partial charge is 0.463 e. The fourth-order valence-corrected chi connectivity index (χ4v) is 1.44. The highest BCUT2D eigenvalue weighted by atomic mass is 16.5. The van der Waals surface area contributed by atoms with Crippen molar-refractivity contribution < 1.29 is 19.1 Å². The van der Waals surface area contributed by atoms with E-state index in [4.69, 9.17) is 14.3 Å². The van der Waals surface area contributed by atoms with Crippen molar-refractivity contribution in [3.05, 3.63) is 36.1 Å². The first-order chi connectivity index (χ1) is 7.83. The number of carbonyl (C=O) groups excluding carboxylic acids is 1. The lowest BCUT2D eigenvalue weighted by Crippen LogP contribution is -2.06. The van der Waals surface area contributed by atoms with Gasteiger partial charge in [-0.3, -0.25) is 0 Å². The summed E-state index contributed by atoms with van der Waals surface area (Å²) < 4.78 is 10.2. The van der Waals surface area contributed by atoms with E-state index in [0.717, 1.165) is 5.39 Å².